The number of thiazole rings is 1. The maximum Gasteiger partial charge on any atom is 0.273 e. The van der Waals surface area contributed by atoms with Gasteiger partial charge in [-0.3, -0.25) is 14.9 Å². The maximum absolute atomic E-state index is 12.5. The molecule has 0 saturated heterocycles. The van der Waals surface area contributed by atoms with Crippen LogP contribution in [0.4, 0.5) is 5.13 Å². The number of hydrogen-bond acceptors (Lipinski definition) is 4. The molecule has 3 heterocycles. The third-order valence-electron chi connectivity index (χ3n) is 3.99. The van der Waals surface area contributed by atoms with Gasteiger partial charge in [0.1, 0.15) is 11.4 Å². The van der Waals surface area contributed by atoms with Crippen LogP contribution in [-0.4, -0.2) is 26.8 Å². The van der Waals surface area contributed by atoms with Crippen LogP contribution in [-0.2, 0) is 0 Å². The van der Waals surface area contributed by atoms with E-state index in [1.165, 1.54) is 11.3 Å². The van der Waals surface area contributed by atoms with Crippen LogP contribution in [0.3, 0.4) is 0 Å². The standard InChI is InChI=1S/C18H15N5O2S/c1-9-2-3-12-10(4-9)5-14(21-12)17(25)23-18-22-15(8-26-18)11-6-13(16(19)24)20-7-11/h2-8,20-21H,1H3,(H2,19,24)(H,22,23,25). The van der Waals surface area contributed by atoms with Crippen molar-refractivity contribution in [2.45, 2.75) is 6.92 Å². The number of aromatic amines is 2. The van der Waals surface area contributed by atoms with E-state index in [9.17, 15) is 9.59 Å². The average molecular weight is 365 g/mol. The molecule has 0 atom stereocenters. The third-order valence-corrected chi connectivity index (χ3v) is 4.75. The van der Waals surface area contributed by atoms with Gasteiger partial charge in [-0.15, -0.1) is 11.3 Å². The monoisotopic (exact) mass is 365 g/mol. The highest BCUT2D eigenvalue weighted by molar-refractivity contribution is 7.14. The second-order valence-corrected chi connectivity index (χ2v) is 6.79. The van der Waals surface area contributed by atoms with Gasteiger partial charge in [-0.1, -0.05) is 11.6 Å². The van der Waals surface area contributed by atoms with Crippen molar-refractivity contribution in [3.63, 3.8) is 0 Å². The van der Waals surface area contributed by atoms with E-state index in [1.54, 1.807) is 17.6 Å². The van der Waals surface area contributed by atoms with Crippen LogP contribution in [0, 0.1) is 6.92 Å². The number of fused-ring (bicyclic) bond motifs is 1. The summed E-state index contributed by atoms with van der Waals surface area (Å²) < 4.78 is 0. The van der Waals surface area contributed by atoms with Gasteiger partial charge in [0, 0.05) is 28.0 Å². The van der Waals surface area contributed by atoms with Crippen molar-refractivity contribution in [2.24, 2.45) is 5.73 Å². The third kappa shape index (κ3) is 2.98. The first-order valence-corrected chi connectivity index (χ1v) is 8.72. The lowest BCUT2D eigenvalue weighted by molar-refractivity contribution is 0.0993. The van der Waals surface area contributed by atoms with Gasteiger partial charge in [0.25, 0.3) is 11.8 Å². The number of nitrogens with zero attached hydrogens (tertiary/aromatic N) is 1. The van der Waals surface area contributed by atoms with Crippen molar-refractivity contribution in [2.75, 3.05) is 5.32 Å². The van der Waals surface area contributed by atoms with Gasteiger partial charge < -0.3 is 15.7 Å². The van der Waals surface area contributed by atoms with E-state index in [4.69, 9.17) is 5.73 Å². The van der Waals surface area contributed by atoms with Gasteiger partial charge in [0.05, 0.1) is 5.69 Å². The summed E-state index contributed by atoms with van der Waals surface area (Å²) in [6.45, 7) is 2.01. The highest BCUT2D eigenvalue weighted by Gasteiger charge is 2.14. The molecular weight excluding hydrogens is 350 g/mol. The van der Waals surface area contributed by atoms with E-state index in [-0.39, 0.29) is 5.91 Å². The predicted molar refractivity (Wildman–Crippen MR) is 101 cm³/mol. The van der Waals surface area contributed by atoms with E-state index < -0.39 is 5.91 Å². The molecule has 2 amide bonds. The molecule has 0 bridgehead atoms. The molecule has 5 N–H and O–H groups in total. The Labute approximate surface area is 152 Å². The van der Waals surface area contributed by atoms with Gasteiger partial charge in [-0.25, -0.2) is 4.98 Å². The lowest BCUT2D eigenvalue weighted by Crippen LogP contribution is -2.11. The fourth-order valence-electron chi connectivity index (χ4n) is 2.69. The Hall–Kier alpha value is -3.39. The number of aromatic nitrogens is 3. The van der Waals surface area contributed by atoms with Crippen LogP contribution < -0.4 is 11.1 Å². The van der Waals surface area contributed by atoms with Gasteiger partial charge >= 0.3 is 0 Å². The van der Waals surface area contributed by atoms with Crippen LogP contribution in [0.1, 0.15) is 26.5 Å². The van der Waals surface area contributed by atoms with Crippen molar-refractivity contribution < 1.29 is 9.59 Å². The maximum atomic E-state index is 12.5. The van der Waals surface area contributed by atoms with Gasteiger partial charge in [-0.05, 0) is 31.2 Å². The van der Waals surface area contributed by atoms with E-state index in [0.29, 0.717) is 22.2 Å². The van der Waals surface area contributed by atoms with Crippen molar-refractivity contribution >= 4 is 39.2 Å². The summed E-state index contributed by atoms with van der Waals surface area (Å²) in [5.74, 6) is -0.791. The Morgan fingerprint density at radius 3 is 2.81 bits per heavy atom. The number of rotatable bonds is 4. The van der Waals surface area contributed by atoms with E-state index >= 15 is 0 Å². The molecule has 3 aromatic heterocycles. The molecule has 8 heteroatoms. The zero-order chi connectivity index (χ0) is 18.3. The molecule has 0 fully saturated rings. The first-order valence-electron chi connectivity index (χ1n) is 7.84. The number of primary amides is 1. The number of amides is 2. The molecule has 4 aromatic rings. The summed E-state index contributed by atoms with van der Waals surface area (Å²) in [5, 5.41) is 6.05. The van der Waals surface area contributed by atoms with Crippen LogP contribution in [0.15, 0.2) is 41.9 Å². The Kier molecular flexibility index (Phi) is 3.81. The zero-order valence-electron chi connectivity index (χ0n) is 13.8. The van der Waals surface area contributed by atoms with Crippen molar-refractivity contribution in [3.8, 4) is 11.3 Å². The summed E-state index contributed by atoms with van der Waals surface area (Å²) in [6, 6.07) is 9.41. The summed E-state index contributed by atoms with van der Waals surface area (Å²) in [5.41, 5.74) is 9.45. The normalized spacial score (nSPS) is 11.0. The zero-order valence-corrected chi connectivity index (χ0v) is 14.6. The van der Waals surface area contributed by atoms with E-state index in [1.807, 2.05) is 31.2 Å². The van der Waals surface area contributed by atoms with E-state index in [2.05, 4.69) is 20.3 Å². The lowest BCUT2D eigenvalue weighted by Gasteiger charge is -1.98. The molecule has 7 nitrogen and oxygen atoms in total. The van der Waals surface area contributed by atoms with Crippen LogP contribution in [0.5, 0.6) is 0 Å². The first-order chi connectivity index (χ1) is 12.5. The van der Waals surface area contributed by atoms with Crippen LogP contribution in [0.25, 0.3) is 22.2 Å². The van der Waals surface area contributed by atoms with Gasteiger partial charge in [0.15, 0.2) is 5.13 Å². The molecule has 0 spiro atoms. The second-order valence-electron chi connectivity index (χ2n) is 5.93. The molecule has 0 aliphatic heterocycles. The molecule has 0 aliphatic carbocycles. The molecule has 0 unspecified atom stereocenters. The Morgan fingerprint density at radius 2 is 2.04 bits per heavy atom. The minimum Gasteiger partial charge on any atom is -0.364 e. The summed E-state index contributed by atoms with van der Waals surface area (Å²) in [4.78, 5) is 33.9. The van der Waals surface area contributed by atoms with Crippen LogP contribution in [0.2, 0.25) is 0 Å². The van der Waals surface area contributed by atoms with E-state index in [0.717, 1.165) is 22.0 Å². The SMILES string of the molecule is Cc1ccc2[nH]c(C(=O)Nc3nc(-c4c[nH]c(C(N)=O)c4)cs3)cc2c1. The predicted octanol–water partition coefficient (Wildman–Crippen LogP) is 3.28. The molecular formula is C18H15N5O2S. The summed E-state index contributed by atoms with van der Waals surface area (Å²) >= 11 is 1.31. The number of nitrogens with one attached hydrogen (secondary N) is 3. The highest BCUT2D eigenvalue weighted by Crippen LogP contribution is 2.26. The molecule has 130 valence electrons. The number of hydrogen-bond donors (Lipinski definition) is 4. The molecule has 0 radical (unpaired) electrons. The quantitative estimate of drug-likeness (QED) is 0.444. The summed E-state index contributed by atoms with van der Waals surface area (Å²) in [6.07, 6.45) is 1.65. The number of H-pyrrole nitrogens is 2. The molecule has 0 saturated carbocycles. The first kappa shape index (κ1) is 16.1. The number of nitrogens with two attached hydrogens (primary N) is 1. The van der Waals surface area contributed by atoms with Crippen molar-refractivity contribution in [1.29, 1.82) is 0 Å². The van der Waals surface area contributed by atoms with Crippen molar-refractivity contribution in [1.82, 2.24) is 15.0 Å². The number of anilines is 1. The minimum atomic E-state index is -0.533. The Balaban J connectivity index is 1.54. The number of benzene rings is 1. The smallest absolute Gasteiger partial charge is 0.273 e. The minimum absolute atomic E-state index is 0.258. The number of carbonyl (C=O) groups excluding carboxylic acids is 2. The molecule has 26 heavy (non-hydrogen) atoms. The second kappa shape index (κ2) is 6.16. The largest absolute Gasteiger partial charge is 0.364 e. The fourth-order valence-corrected chi connectivity index (χ4v) is 3.40. The Bertz CT molecular complexity index is 1140. The molecule has 0 aliphatic rings. The highest BCUT2D eigenvalue weighted by atomic mass is 32.1. The van der Waals surface area contributed by atoms with Gasteiger partial charge in [-0.2, -0.15) is 0 Å². The number of carbonyl (C=O) groups is 2. The van der Waals surface area contributed by atoms with Gasteiger partial charge in [0.2, 0.25) is 0 Å². The molecule has 1 aromatic carbocycles. The number of aryl methyl sites for hydroxylation is 1. The lowest BCUT2D eigenvalue weighted by atomic mass is 10.2. The Morgan fingerprint density at radius 1 is 1.19 bits per heavy atom. The fraction of sp³-hybridized carbons (Fsp3) is 0.0556. The topological polar surface area (TPSA) is 117 Å². The van der Waals surface area contributed by atoms with Crippen LogP contribution >= 0.6 is 11.3 Å². The summed E-state index contributed by atoms with van der Waals surface area (Å²) in [7, 11) is 0. The van der Waals surface area contributed by atoms with Crippen molar-refractivity contribution in [3.05, 3.63) is 58.9 Å². The average Bonchev–Trinajstić information content (AvgIpc) is 3.32. The molecule has 4 rings (SSSR count).